The summed E-state index contributed by atoms with van der Waals surface area (Å²) in [6.45, 7) is 0. The van der Waals surface area contributed by atoms with Gasteiger partial charge in [-0.3, -0.25) is 0 Å². The van der Waals surface area contributed by atoms with E-state index in [-0.39, 0.29) is 0 Å². The van der Waals surface area contributed by atoms with Crippen molar-refractivity contribution in [3.05, 3.63) is 279 Å². The monoisotopic (exact) mass is 938 g/mol. The molecule has 0 aliphatic rings. The third-order valence-corrected chi connectivity index (χ3v) is 15.5. The summed E-state index contributed by atoms with van der Waals surface area (Å²) in [6.07, 6.45) is 0. The Morgan fingerprint density at radius 3 is 1.38 bits per heavy atom. The molecule has 0 atom stereocenters. The molecule has 0 bridgehead atoms. The molecule has 0 spiro atoms. The molecule has 344 valence electrons. The van der Waals surface area contributed by atoms with Gasteiger partial charge in [-0.15, -0.1) is 0 Å². The Morgan fingerprint density at radius 2 is 0.743 bits per heavy atom. The quantitative estimate of drug-likeness (QED) is 0.114. The van der Waals surface area contributed by atoms with Gasteiger partial charge in [0.15, 0.2) is 0 Å². The van der Waals surface area contributed by atoms with Crippen LogP contribution in [0.25, 0.3) is 126 Å². The third-order valence-electron chi connectivity index (χ3n) is 15.5. The number of rotatable bonds is 7. The van der Waals surface area contributed by atoms with Gasteiger partial charge in [-0.25, -0.2) is 0 Å². The maximum atomic E-state index is 2.53. The molecule has 15 aromatic rings. The van der Waals surface area contributed by atoms with Crippen molar-refractivity contribution >= 4 is 104 Å². The van der Waals surface area contributed by atoms with Gasteiger partial charge in [0.1, 0.15) is 0 Å². The van der Waals surface area contributed by atoms with E-state index in [1.807, 2.05) is 0 Å². The van der Waals surface area contributed by atoms with Crippen molar-refractivity contribution in [2.45, 2.75) is 0 Å². The molecule has 2 heteroatoms. The minimum absolute atomic E-state index is 1.12. The molecular weight excluding hydrogens is 893 g/mol. The topological polar surface area (TPSA) is 8.17 Å². The number of hydrogen-bond acceptors (Lipinski definition) is 1. The summed E-state index contributed by atoms with van der Waals surface area (Å²) in [5.41, 5.74) is 14.0. The molecule has 0 aliphatic heterocycles. The van der Waals surface area contributed by atoms with Gasteiger partial charge >= 0.3 is 0 Å². The Kier molecular flexibility index (Phi) is 9.61. The lowest BCUT2D eigenvalue weighted by Gasteiger charge is -2.26. The van der Waals surface area contributed by atoms with Crippen LogP contribution >= 0.6 is 0 Å². The summed E-state index contributed by atoms with van der Waals surface area (Å²) in [5, 5.41) is 17.3. The van der Waals surface area contributed by atoms with Crippen molar-refractivity contribution < 1.29 is 0 Å². The molecule has 0 saturated carbocycles. The van der Waals surface area contributed by atoms with E-state index in [0.717, 1.165) is 22.7 Å². The second-order valence-corrected chi connectivity index (χ2v) is 19.6. The second kappa shape index (κ2) is 16.9. The van der Waals surface area contributed by atoms with Gasteiger partial charge < -0.3 is 9.47 Å². The Bertz CT molecular complexity index is 4560. The fraction of sp³-hybridized carbons (Fsp3) is 0. The van der Waals surface area contributed by atoms with Gasteiger partial charge in [0.2, 0.25) is 0 Å². The van der Waals surface area contributed by atoms with Gasteiger partial charge in [-0.05, 0) is 183 Å². The fourth-order valence-corrected chi connectivity index (χ4v) is 12.1. The zero-order chi connectivity index (χ0) is 48.7. The predicted molar refractivity (Wildman–Crippen MR) is 317 cm³/mol. The van der Waals surface area contributed by atoms with Crippen LogP contribution in [0.4, 0.5) is 17.1 Å². The van der Waals surface area contributed by atoms with Gasteiger partial charge in [-0.1, -0.05) is 194 Å². The van der Waals surface area contributed by atoms with Crippen LogP contribution in [0.3, 0.4) is 0 Å². The Labute approximate surface area is 428 Å². The smallest absolute Gasteiger partial charge is 0.0547 e. The number of para-hydroxylation sites is 2. The van der Waals surface area contributed by atoms with Gasteiger partial charge in [0.05, 0.1) is 11.0 Å². The highest BCUT2D eigenvalue weighted by Gasteiger charge is 2.21. The minimum Gasteiger partial charge on any atom is -0.310 e. The van der Waals surface area contributed by atoms with Crippen LogP contribution in [0, 0.1) is 0 Å². The highest BCUT2D eigenvalue weighted by molar-refractivity contribution is 6.31. The molecule has 0 saturated heterocycles. The van der Waals surface area contributed by atoms with E-state index in [4.69, 9.17) is 0 Å². The van der Waals surface area contributed by atoms with Crippen LogP contribution in [0.1, 0.15) is 0 Å². The first-order valence-corrected chi connectivity index (χ1v) is 25.6. The summed E-state index contributed by atoms with van der Waals surface area (Å²) in [7, 11) is 0. The Balaban J connectivity index is 1.03. The number of hydrogen-bond donors (Lipinski definition) is 0. The molecule has 0 unspecified atom stereocenters. The second-order valence-electron chi connectivity index (χ2n) is 19.6. The van der Waals surface area contributed by atoms with Crippen molar-refractivity contribution in [3.63, 3.8) is 0 Å². The van der Waals surface area contributed by atoms with Crippen LogP contribution in [0.2, 0.25) is 0 Å². The molecule has 1 aromatic heterocycles. The highest BCUT2D eigenvalue weighted by Crippen LogP contribution is 2.46. The molecule has 74 heavy (non-hydrogen) atoms. The van der Waals surface area contributed by atoms with E-state index in [0.29, 0.717) is 0 Å². The molecule has 0 N–H and O–H groups in total. The molecular formula is C72H46N2. The van der Waals surface area contributed by atoms with E-state index < -0.39 is 0 Å². The summed E-state index contributed by atoms with van der Waals surface area (Å²) in [6, 6.07) is 103. The standard InChI is InChI=1S/C72H46N2/c1-4-18-47(19-5-1)50-34-38-70-69(43-50)72-65-46-68-64-37-36-56(73(54-24-6-2-7-25-54)55-26-8-3-9-27-55)45-67(64)63-31-15-14-30-62(63)66(68)44-51(65)35-39-71(72)74(70)57-41-52(60-32-16-22-48-20-10-12-28-58(48)60)40-53(42-57)61-33-17-23-49-21-11-13-29-59(49)61/h1-46H. The van der Waals surface area contributed by atoms with Crippen molar-refractivity contribution in [1.29, 1.82) is 0 Å². The number of fused-ring (bicyclic) bond motifs is 13. The largest absolute Gasteiger partial charge is 0.310 e. The fourth-order valence-electron chi connectivity index (χ4n) is 12.1. The number of nitrogens with zero attached hydrogens (tertiary/aromatic N) is 2. The zero-order valence-electron chi connectivity index (χ0n) is 40.5. The molecule has 0 amide bonds. The normalized spacial score (nSPS) is 11.8. The lowest BCUT2D eigenvalue weighted by Crippen LogP contribution is -2.09. The van der Waals surface area contributed by atoms with Crippen molar-refractivity contribution in [1.82, 2.24) is 4.57 Å². The third kappa shape index (κ3) is 6.73. The minimum atomic E-state index is 1.12. The van der Waals surface area contributed by atoms with E-state index in [9.17, 15) is 0 Å². The van der Waals surface area contributed by atoms with E-state index in [1.54, 1.807) is 0 Å². The van der Waals surface area contributed by atoms with Crippen LogP contribution in [-0.2, 0) is 0 Å². The van der Waals surface area contributed by atoms with Gasteiger partial charge in [-0.2, -0.15) is 0 Å². The molecule has 0 radical (unpaired) electrons. The van der Waals surface area contributed by atoms with Crippen LogP contribution in [0.15, 0.2) is 279 Å². The lowest BCUT2D eigenvalue weighted by atomic mass is 9.91. The Morgan fingerprint density at radius 1 is 0.230 bits per heavy atom. The van der Waals surface area contributed by atoms with Crippen molar-refractivity contribution in [2.75, 3.05) is 4.90 Å². The summed E-state index contributed by atoms with van der Waals surface area (Å²) in [5.74, 6) is 0. The van der Waals surface area contributed by atoms with Crippen LogP contribution in [-0.4, -0.2) is 4.57 Å². The first-order chi connectivity index (χ1) is 36.7. The molecule has 15 rings (SSSR count). The first kappa shape index (κ1) is 42.0. The average molecular weight is 939 g/mol. The SMILES string of the molecule is c1ccc(-c2ccc3c(c2)c2c4cc5c6ccc(N(c7ccccc7)c7ccccc7)cc6c6ccccc6c5cc4ccc2n3-c2cc(-c3cccc4ccccc34)cc(-c3cccc4ccccc34)c2)cc1. The van der Waals surface area contributed by atoms with E-state index in [2.05, 4.69) is 289 Å². The van der Waals surface area contributed by atoms with Crippen molar-refractivity contribution in [2.24, 2.45) is 0 Å². The van der Waals surface area contributed by atoms with Crippen LogP contribution < -0.4 is 4.90 Å². The molecule has 1 heterocycles. The molecule has 0 aliphatic carbocycles. The average Bonchev–Trinajstić information content (AvgIpc) is 3.86. The predicted octanol–water partition coefficient (Wildman–Crippen LogP) is 20.2. The number of anilines is 3. The van der Waals surface area contributed by atoms with Gasteiger partial charge in [0, 0.05) is 33.5 Å². The van der Waals surface area contributed by atoms with Crippen LogP contribution in [0.5, 0.6) is 0 Å². The Hall–Kier alpha value is -9.76. The highest BCUT2D eigenvalue weighted by atomic mass is 15.1. The van der Waals surface area contributed by atoms with E-state index in [1.165, 1.54) is 120 Å². The molecule has 2 nitrogen and oxygen atoms in total. The summed E-state index contributed by atoms with van der Waals surface area (Å²) >= 11 is 0. The van der Waals surface area contributed by atoms with Crippen molar-refractivity contribution in [3.8, 4) is 39.1 Å². The maximum Gasteiger partial charge on any atom is 0.0547 e. The number of benzene rings is 14. The molecule has 14 aromatic carbocycles. The first-order valence-electron chi connectivity index (χ1n) is 25.6. The maximum absolute atomic E-state index is 2.53. The molecule has 0 fully saturated rings. The zero-order valence-corrected chi connectivity index (χ0v) is 40.5. The summed E-state index contributed by atoms with van der Waals surface area (Å²) in [4.78, 5) is 2.36. The van der Waals surface area contributed by atoms with Gasteiger partial charge in [0.25, 0.3) is 0 Å². The summed E-state index contributed by atoms with van der Waals surface area (Å²) < 4.78 is 2.53. The number of aromatic nitrogens is 1. The lowest BCUT2D eigenvalue weighted by molar-refractivity contribution is 1.18. The van der Waals surface area contributed by atoms with E-state index >= 15 is 0 Å².